The SMILES string of the molecule is Cc1ccc(C(=O)Nc2ccccc2CCOCBr)c(C(=O)NCC2CC2)n1. The maximum absolute atomic E-state index is 12.9. The Morgan fingerprint density at radius 3 is 2.71 bits per heavy atom. The number of alkyl halides is 1. The van der Waals surface area contributed by atoms with E-state index in [1.807, 2.05) is 24.3 Å². The molecule has 0 unspecified atom stereocenters. The average Bonchev–Trinajstić information content (AvgIpc) is 3.52. The van der Waals surface area contributed by atoms with E-state index in [1.165, 1.54) is 0 Å². The normalized spacial score (nSPS) is 13.2. The van der Waals surface area contributed by atoms with Gasteiger partial charge in [-0.1, -0.05) is 34.1 Å². The van der Waals surface area contributed by atoms with E-state index in [0.29, 0.717) is 42.4 Å². The molecule has 1 aromatic heterocycles. The third-order valence-corrected chi connectivity index (χ3v) is 4.92. The number of hydrogen-bond acceptors (Lipinski definition) is 4. The standard InChI is InChI=1S/C21H24BrN3O3/c1-14-6-9-17(19(24-14)21(27)23-12-15-7-8-15)20(26)25-18-5-3-2-4-16(18)10-11-28-13-22/h2-6,9,15H,7-8,10-13H2,1H3,(H,23,27)(H,25,26). The highest BCUT2D eigenvalue weighted by Crippen LogP contribution is 2.27. The fourth-order valence-electron chi connectivity index (χ4n) is 2.84. The number of nitrogens with one attached hydrogen (secondary N) is 2. The van der Waals surface area contributed by atoms with Crippen LogP contribution in [0.2, 0.25) is 0 Å². The predicted molar refractivity (Wildman–Crippen MR) is 112 cm³/mol. The highest BCUT2D eigenvalue weighted by atomic mass is 79.9. The molecule has 2 N–H and O–H groups in total. The molecule has 0 radical (unpaired) electrons. The quantitative estimate of drug-likeness (QED) is 0.455. The Balaban J connectivity index is 1.76. The van der Waals surface area contributed by atoms with Crippen molar-refractivity contribution in [2.45, 2.75) is 26.2 Å². The molecule has 1 aromatic carbocycles. The molecule has 0 bridgehead atoms. The Morgan fingerprint density at radius 1 is 1.18 bits per heavy atom. The maximum atomic E-state index is 12.9. The number of rotatable bonds is 9. The number of aryl methyl sites for hydroxylation is 1. The fourth-order valence-corrected chi connectivity index (χ4v) is 3.07. The van der Waals surface area contributed by atoms with E-state index in [-0.39, 0.29) is 23.1 Å². The van der Waals surface area contributed by atoms with Crippen LogP contribution in [0.5, 0.6) is 0 Å². The summed E-state index contributed by atoms with van der Waals surface area (Å²) in [6, 6.07) is 11.0. The summed E-state index contributed by atoms with van der Waals surface area (Å²) in [7, 11) is 0. The first kappa shape index (κ1) is 20.5. The van der Waals surface area contributed by atoms with Crippen LogP contribution in [0.3, 0.4) is 0 Å². The van der Waals surface area contributed by atoms with Gasteiger partial charge in [-0.15, -0.1) is 0 Å². The van der Waals surface area contributed by atoms with Crippen molar-refractivity contribution in [1.29, 1.82) is 0 Å². The monoisotopic (exact) mass is 445 g/mol. The van der Waals surface area contributed by atoms with Crippen molar-refractivity contribution in [1.82, 2.24) is 10.3 Å². The molecule has 3 rings (SSSR count). The van der Waals surface area contributed by atoms with Crippen molar-refractivity contribution in [3.63, 3.8) is 0 Å². The Hall–Kier alpha value is -2.25. The smallest absolute Gasteiger partial charge is 0.270 e. The highest BCUT2D eigenvalue weighted by molar-refractivity contribution is 9.09. The molecule has 1 fully saturated rings. The first-order valence-corrected chi connectivity index (χ1v) is 10.5. The summed E-state index contributed by atoms with van der Waals surface area (Å²) in [5.74, 6) is -0.0997. The lowest BCUT2D eigenvalue weighted by atomic mass is 10.1. The van der Waals surface area contributed by atoms with Gasteiger partial charge in [-0.2, -0.15) is 0 Å². The first-order chi connectivity index (χ1) is 13.6. The van der Waals surface area contributed by atoms with Crippen molar-refractivity contribution >= 4 is 33.4 Å². The van der Waals surface area contributed by atoms with Gasteiger partial charge in [0.05, 0.1) is 12.2 Å². The summed E-state index contributed by atoms with van der Waals surface area (Å²) in [5.41, 5.74) is 3.27. The van der Waals surface area contributed by atoms with Crippen LogP contribution in [0.1, 0.15) is 44.9 Å². The predicted octanol–water partition coefficient (Wildman–Crippen LogP) is 3.69. The van der Waals surface area contributed by atoms with Crippen molar-refractivity contribution in [3.8, 4) is 0 Å². The molecule has 6 nitrogen and oxygen atoms in total. The molecular formula is C21H24BrN3O3. The summed E-state index contributed by atoms with van der Waals surface area (Å²) in [5, 5.41) is 5.81. The minimum Gasteiger partial charge on any atom is -0.370 e. The summed E-state index contributed by atoms with van der Waals surface area (Å²) in [4.78, 5) is 29.8. The molecule has 1 heterocycles. The molecule has 2 amide bonds. The number of para-hydroxylation sites is 1. The van der Waals surface area contributed by atoms with E-state index in [2.05, 4.69) is 31.5 Å². The number of anilines is 1. The lowest BCUT2D eigenvalue weighted by Crippen LogP contribution is -2.29. The number of hydrogen-bond donors (Lipinski definition) is 2. The van der Waals surface area contributed by atoms with Gasteiger partial charge in [0.25, 0.3) is 11.8 Å². The van der Waals surface area contributed by atoms with E-state index in [9.17, 15) is 9.59 Å². The Morgan fingerprint density at radius 2 is 1.96 bits per heavy atom. The number of carbonyl (C=O) groups excluding carboxylic acids is 2. The summed E-state index contributed by atoms with van der Waals surface area (Å²) < 4.78 is 5.34. The largest absolute Gasteiger partial charge is 0.370 e. The molecule has 0 atom stereocenters. The van der Waals surface area contributed by atoms with Crippen molar-refractivity contribution < 1.29 is 14.3 Å². The summed E-state index contributed by atoms with van der Waals surface area (Å²) in [6.07, 6.45) is 2.96. The van der Waals surface area contributed by atoms with Crippen LogP contribution in [-0.2, 0) is 11.2 Å². The molecule has 0 spiro atoms. The highest BCUT2D eigenvalue weighted by Gasteiger charge is 2.24. The second-order valence-corrected chi connectivity index (χ2v) is 7.34. The van der Waals surface area contributed by atoms with Gasteiger partial charge in [-0.3, -0.25) is 9.59 Å². The van der Waals surface area contributed by atoms with Gasteiger partial charge in [0.1, 0.15) is 11.2 Å². The minimum atomic E-state index is -0.349. The number of halogens is 1. The summed E-state index contributed by atoms with van der Waals surface area (Å²) in [6.45, 7) is 2.98. The van der Waals surface area contributed by atoms with E-state index in [4.69, 9.17) is 4.74 Å². The number of benzene rings is 1. The number of carbonyl (C=O) groups is 2. The zero-order valence-electron chi connectivity index (χ0n) is 15.8. The molecule has 1 aliphatic carbocycles. The zero-order valence-corrected chi connectivity index (χ0v) is 17.4. The van der Waals surface area contributed by atoms with Crippen molar-refractivity contribution in [2.75, 3.05) is 24.0 Å². The van der Waals surface area contributed by atoms with Gasteiger partial charge in [0, 0.05) is 17.9 Å². The lowest BCUT2D eigenvalue weighted by Gasteiger charge is -2.13. The first-order valence-electron chi connectivity index (χ1n) is 9.37. The Labute approximate surface area is 173 Å². The van der Waals surface area contributed by atoms with E-state index >= 15 is 0 Å². The molecule has 0 aliphatic heterocycles. The van der Waals surface area contributed by atoms with E-state index < -0.39 is 0 Å². The average molecular weight is 446 g/mol. The second-order valence-electron chi connectivity index (χ2n) is 6.88. The van der Waals surface area contributed by atoms with Crippen LogP contribution in [0.25, 0.3) is 0 Å². The van der Waals surface area contributed by atoms with Crippen LogP contribution in [-0.4, -0.2) is 35.5 Å². The van der Waals surface area contributed by atoms with E-state index in [0.717, 1.165) is 18.4 Å². The van der Waals surface area contributed by atoms with Crippen molar-refractivity contribution in [3.05, 3.63) is 58.9 Å². The van der Waals surface area contributed by atoms with Crippen LogP contribution in [0.15, 0.2) is 36.4 Å². The minimum absolute atomic E-state index is 0.165. The Kier molecular flexibility index (Phi) is 7.17. The number of pyridine rings is 1. The van der Waals surface area contributed by atoms with Crippen LogP contribution >= 0.6 is 15.9 Å². The topological polar surface area (TPSA) is 80.3 Å². The molecule has 7 heteroatoms. The third kappa shape index (κ3) is 5.62. The van der Waals surface area contributed by atoms with Gasteiger partial charge >= 0.3 is 0 Å². The molecule has 148 valence electrons. The molecule has 2 aromatic rings. The third-order valence-electron chi connectivity index (χ3n) is 4.60. The molecular weight excluding hydrogens is 422 g/mol. The second kappa shape index (κ2) is 9.80. The lowest BCUT2D eigenvalue weighted by molar-refractivity contribution is 0.0933. The Bertz CT molecular complexity index is 853. The molecule has 1 saturated carbocycles. The van der Waals surface area contributed by atoms with Crippen molar-refractivity contribution in [2.24, 2.45) is 5.92 Å². The van der Waals surface area contributed by atoms with Gasteiger partial charge in [0.2, 0.25) is 0 Å². The molecule has 1 aliphatic rings. The molecule has 0 saturated heterocycles. The summed E-state index contributed by atoms with van der Waals surface area (Å²) >= 11 is 3.23. The van der Waals surface area contributed by atoms with Crippen LogP contribution in [0, 0.1) is 12.8 Å². The number of amides is 2. The molecule has 28 heavy (non-hydrogen) atoms. The zero-order chi connectivity index (χ0) is 19.9. The fraction of sp³-hybridized carbons (Fsp3) is 0.381. The van der Waals surface area contributed by atoms with Gasteiger partial charge in [-0.25, -0.2) is 4.98 Å². The number of nitrogens with zero attached hydrogens (tertiary/aromatic N) is 1. The van der Waals surface area contributed by atoms with Gasteiger partial charge < -0.3 is 15.4 Å². The van der Waals surface area contributed by atoms with Gasteiger partial charge in [0.15, 0.2) is 0 Å². The van der Waals surface area contributed by atoms with Crippen LogP contribution in [0.4, 0.5) is 5.69 Å². The van der Waals surface area contributed by atoms with E-state index in [1.54, 1.807) is 19.1 Å². The van der Waals surface area contributed by atoms with Gasteiger partial charge in [-0.05, 0) is 55.9 Å². The van der Waals surface area contributed by atoms with Crippen LogP contribution < -0.4 is 10.6 Å². The number of aromatic nitrogens is 1. The maximum Gasteiger partial charge on any atom is 0.270 e. The number of ether oxygens (including phenoxy) is 1.